The van der Waals surface area contributed by atoms with Gasteiger partial charge in [-0.3, -0.25) is 14.7 Å². The number of hydrogen-bond acceptors (Lipinski definition) is 10. The third kappa shape index (κ3) is 3.38. The number of imidazole rings is 1. The Bertz CT molecular complexity index is 1010. The second-order valence-electron chi connectivity index (χ2n) is 6.09. The molecule has 2 aromatic heterocycles. The number of aliphatic hydroxyl groups excluding tert-OH is 2. The van der Waals surface area contributed by atoms with E-state index in [1.165, 1.54) is 18.7 Å². The summed E-state index contributed by atoms with van der Waals surface area (Å²) in [5.74, 6) is 0.393. The predicted molar refractivity (Wildman–Crippen MR) is 99.5 cm³/mol. The van der Waals surface area contributed by atoms with Gasteiger partial charge in [-0.05, 0) is 18.0 Å². The first kappa shape index (κ1) is 18.6. The first-order valence-electron chi connectivity index (χ1n) is 8.36. The van der Waals surface area contributed by atoms with Crippen LogP contribution in [-0.4, -0.2) is 53.5 Å². The summed E-state index contributed by atoms with van der Waals surface area (Å²) in [6, 6.07) is 6.37. The summed E-state index contributed by atoms with van der Waals surface area (Å²) in [6.07, 6.45) is 1.23. The van der Waals surface area contributed by atoms with Crippen molar-refractivity contribution in [2.45, 2.75) is 29.8 Å². The minimum absolute atomic E-state index is 0.0146. The Morgan fingerprint density at radius 3 is 2.93 bits per heavy atom. The van der Waals surface area contributed by atoms with Crippen molar-refractivity contribution in [2.75, 3.05) is 11.3 Å². The molecule has 0 saturated carbocycles. The summed E-state index contributed by atoms with van der Waals surface area (Å²) in [7, 11) is 0. The van der Waals surface area contributed by atoms with Crippen LogP contribution in [0.15, 0.2) is 41.8 Å². The number of aliphatic hydroxyl groups is 2. The maximum absolute atomic E-state index is 11.1. The largest absolute Gasteiger partial charge is 0.394 e. The van der Waals surface area contributed by atoms with E-state index in [1.807, 2.05) is 0 Å². The van der Waals surface area contributed by atoms with E-state index in [-0.39, 0.29) is 12.3 Å². The van der Waals surface area contributed by atoms with E-state index in [4.69, 9.17) is 4.74 Å². The number of ether oxygens (including phenoxy) is 1. The number of para-hydroxylation sites is 1. The van der Waals surface area contributed by atoms with Crippen LogP contribution in [0, 0.1) is 10.1 Å². The van der Waals surface area contributed by atoms with Gasteiger partial charge in [0.25, 0.3) is 5.69 Å². The Kier molecular flexibility index (Phi) is 5.09. The summed E-state index contributed by atoms with van der Waals surface area (Å²) in [5, 5.41) is 30.3. The van der Waals surface area contributed by atoms with Gasteiger partial charge in [0.2, 0.25) is 0 Å². The Morgan fingerprint density at radius 1 is 1.36 bits per heavy atom. The zero-order chi connectivity index (χ0) is 19.7. The summed E-state index contributed by atoms with van der Waals surface area (Å²) >= 11 is 1.05. The minimum atomic E-state index is -0.777. The van der Waals surface area contributed by atoms with Gasteiger partial charge in [0.1, 0.15) is 23.6 Å². The number of nitrogens with zero attached hydrogens (tertiary/aromatic N) is 5. The molecule has 0 bridgehead atoms. The molecule has 1 aliphatic rings. The lowest BCUT2D eigenvalue weighted by Crippen LogP contribution is -2.24. The average Bonchev–Trinajstić information content (AvgIpc) is 3.29. The molecule has 0 aliphatic carbocycles. The molecule has 146 valence electrons. The molecule has 0 spiro atoms. The molecular formula is C16H16N6O5S. The Morgan fingerprint density at radius 2 is 2.18 bits per heavy atom. The van der Waals surface area contributed by atoms with Crippen LogP contribution in [0.5, 0.6) is 0 Å². The molecule has 3 atom stereocenters. The second kappa shape index (κ2) is 7.67. The number of nitro benzene ring substituents is 1. The molecule has 1 aromatic carbocycles. The molecular weight excluding hydrogens is 388 g/mol. The van der Waals surface area contributed by atoms with Gasteiger partial charge in [-0.2, -0.15) is 0 Å². The van der Waals surface area contributed by atoms with Crippen LogP contribution in [0.3, 0.4) is 0 Å². The van der Waals surface area contributed by atoms with E-state index in [0.717, 1.165) is 11.9 Å². The number of nitro groups is 1. The number of hydrogen-bond donors (Lipinski definition) is 3. The molecule has 3 aromatic rings. The average molecular weight is 404 g/mol. The summed E-state index contributed by atoms with van der Waals surface area (Å²) in [4.78, 5) is 23.8. The molecule has 11 nitrogen and oxygen atoms in total. The van der Waals surface area contributed by atoms with Gasteiger partial charge in [-0.15, -0.1) is 0 Å². The van der Waals surface area contributed by atoms with Crippen molar-refractivity contribution in [3.8, 4) is 0 Å². The smallest absolute Gasteiger partial charge is 0.284 e. The number of aromatic nitrogens is 4. The molecule has 0 radical (unpaired) electrons. The third-order valence-corrected chi connectivity index (χ3v) is 5.23. The second-order valence-corrected chi connectivity index (χ2v) is 6.94. The van der Waals surface area contributed by atoms with Crippen LogP contribution in [0.25, 0.3) is 11.2 Å². The van der Waals surface area contributed by atoms with E-state index in [0.29, 0.717) is 28.3 Å². The lowest BCUT2D eigenvalue weighted by molar-refractivity contribution is -0.387. The highest BCUT2D eigenvalue weighted by Crippen LogP contribution is 2.33. The fourth-order valence-corrected chi connectivity index (χ4v) is 3.73. The molecule has 1 aliphatic heterocycles. The third-order valence-electron chi connectivity index (χ3n) is 4.37. The lowest BCUT2D eigenvalue weighted by Gasteiger charge is -2.13. The summed E-state index contributed by atoms with van der Waals surface area (Å²) in [5.41, 5.74) is 0.926. The van der Waals surface area contributed by atoms with Gasteiger partial charge in [0.05, 0.1) is 24.0 Å². The van der Waals surface area contributed by atoms with E-state index < -0.39 is 23.4 Å². The first-order chi connectivity index (χ1) is 13.6. The van der Waals surface area contributed by atoms with Crippen molar-refractivity contribution in [3.63, 3.8) is 0 Å². The van der Waals surface area contributed by atoms with Crippen LogP contribution in [0.2, 0.25) is 0 Å². The van der Waals surface area contributed by atoms with Gasteiger partial charge in [0, 0.05) is 12.5 Å². The van der Waals surface area contributed by atoms with E-state index in [2.05, 4.69) is 19.7 Å². The minimum Gasteiger partial charge on any atom is -0.394 e. The van der Waals surface area contributed by atoms with Gasteiger partial charge < -0.3 is 19.7 Å². The molecule has 3 N–H and O–H groups in total. The molecule has 28 heavy (non-hydrogen) atoms. The normalized spacial score (nSPS) is 21.9. The van der Waals surface area contributed by atoms with Crippen molar-refractivity contribution >= 4 is 34.6 Å². The molecule has 3 heterocycles. The predicted octanol–water partition coefficient (Wildman–Crippen LogP) is 1.49. The van der Waals surface area contributed by atoms with Crippen LogP contribution in [-0.2, 0) is 4.74 Å². The van der Waals surface area contributed by atoms with Gasteiger partial charge in [0.15, 0.2) is 17.0 Å². The van der Waals surface area contributed by atoms with Crippen LogP contribution in [0.1, 0.15) is 12.6 Å². The standard InChI is InChI=1S/C16H16N6O5S/c23-6-11-10(24)5-13(27-11)21-8-19-14-15(17-7-18-16(14)21)20-28-12-4-2-1-3-9(12)22(25)26/h1-4,7-8,10-11,13,23-24H,5-6H2,(H,17,18,20). The molecule has 0 amide bonds. The first-order valence-corrected chi connectivity index (χ1v) is 9.18. The number of nitrogens with one attached hydrogen (secondary N) is 1. The molecule has 1 saturated heterocycles. The van der Waals surface area contributed by atoms with Crippen LogP contribution < -0.4 is 4.72 Å². The molecule has 1 fully saturated rings. The lowest BCUT2D eigenvalue weighted by atomic mass is 10.2. The quantitative estimate of drug-likeness (QED) is 0.313. The van der Waals surface area contributed by atoms with Crippen molar-refractivity contribution < 1.29 is 19.9 Å². The Hall–Kier alpha value is -2.80. The molecule has 3 unspecified atom stereocenters. The monoisotopic (exact) mass is 404 g/mol. The van der Waals surface area contributed by atoms with Crippen LogP contribution >= 0.6 is 11.9 Å². The number of fused-ring (bicyclic) bond motifs is 1. The zero-order valence-corrected chi connectivity index (χ0v) is 15.2. The Labute approximate surface area is 162 Å². The summed E-state index contributed by atoms with van der Waals surface area (Å²) in [6.45, 7) is -0.279. The van der Waals surface area contributed by atoms with Crippen molar-refractivity contribution in [2.24, 2.45) is 0 Å². The highest BCUT2D eigenvalue weighted by molar-refractivity contribution is 8.00. The maximum atomic E-state index is 11.1. The van der Waals surface area contributed by atoms with E-state index >= 15 is 0 Å². The van der Waals surface area contributed by atoms with E-state index in [9.17, 15) is 20.3 Å². The highest BCUT2D eigenvalue weighted by Gasteiger charge is 2.35. The van der Waals surface area contributed by atoms with Gasteiger partial charge in [-0.1, -0.05) is 12.1 Å². The SMILES string of the molecule is O=[N+]([O-])c1ccccc1SNc1ncnc2c1ncn2C1CC(O)C(CO)O1. The van der Waals surface area contributed by atoms with Gasteiger partial charge >= 0.3 is 0 Å². The molecule has 4 rings (SSSR count). The topological polar surface area (TPSA) is 148 Å². The van der Waals surface area contributed by atoms with E-state index in [1.54, 1.807) is 22.8 Å². The summed E-state index contributed by atoms with van der Waals surface area (Å²) < 4.78 is 10.3. The molecule has 12 heteroatoms. The fraction of sp³-hybridized carbons (Fsp3) is 0.312. The van der Waals surface area contributed by atoms with Crippen LogP contribution in [0.4, 0.5) is 11.5 Å². The van der Waals surface area contributed by atoms with Crippen molar-refractivity contribution in [1.82, 2.24) is 19.5 Å². The fourth-order valence-electron chi connectivity index (χ4n) is 2.99. The Balaban J connectivity index is 1.59. The number of benzene rings is 1. The zero-order valence-electron chi connectivity index (χ0n) is 14.4. The van der Waals surface area contributed by atoms with Crippen molar-refractivity contribution in [3.05, 3.63) is 47.0 Å². The highest BCUT2D eigenvalue weighted by atomic mass is 32.2. The van der Waals surface area contributed by atoms with Gasteiger partial charge in [-0.25, -0.2) is 15.0 Å². The number of anilines is 1. The van der Waals surface area contributed by atoms with Crippen molar-refractivity contribution in [1.29, 1.82) is 0 Å². The number of rotatable bonds is 6. The maximum Gasteiger partial charge on any atom is 0.284 e.